The largest absolute Gasteiger partial charge is 0.359 e. The van der Waals surface area contributed by atoms with Gasteiger partial charge in [-0.3, -0.25) is 4.90 Å². The molecule has 1 aliphatic carbocycles. The number of hydrogen-bond donors (Lipinski definition) is 1. The van der Waals surface area contributed by atoms with Gasteiger partial charge in [0.1, 0.15) is 5.69 Å². The molecule has 2 aliphatic rings. The summed E-state index contributed by atoms with van der Waals surface area (Å²) in [4.78, 5) is 11.9. The average molecular weight is 418 g/mol. The van der Waals surface area contributed by atoms with Gasteiger partial charge in [0.2, 0.25) is 5.95 Å². The van der Waals surface area contributed by atoms with Crippen molar-refractivity contribution in [3.05, 3.63) is 48.4 Å². The molecular formula is C25H31N5O. The highest BCUT2D eigenvalue weighted by molar-refractivity contribution is 5.80. The summed E-state index contributed by atoms with van der Waals surface area (Å²) < 4.78 is 5.92. The standard InChI is InChI=1S/C25H31N5O/c1-4-10-19(11-5-1)24-23(22(31-29-24)18-30-16-8-3-9-17-30)21-14-15-26-25(28-21)27-20-12-6-2-7-13-20/h1,4-5,10-11,14-15,20H,2-3,6-9,12-13,16-18H2,(H,26,27,28). The Kier molecular flexibility index (Phi) is 6.25. The third-order valence-electron chi connectivity index (χ3n) is 6.48. The molecule has 6 nitrogen and oxygen atoms in total. The number of rotatable bonds is 6. The summed E-state index contributed by atoms with van der Waals surface area (Å²) in [6.07, 6.45) is 11.9. The van der Waals surface area contributed by atoms with Crippen molar-refractivity contribution in [2.24, 2.45) is 0 Å². The molecular weight excluding hydrogens is 386 g/mol. The first-order valence-corrected chi connectivity index (χ1v) is 11.7. The number of anilines is 1. The molecule has 0 bridgehead atoms. The molecule has 1 saturated heterocycles. The number of nitrogens with zero attached hydrogens (tertiary/aromatic N) is 4. The van der Waals surface area contributed by atoms with Gasteiger partial charge in [-0.1, -0.05) is 61.2 Å². The minimum absolute atomic E-state index is 0.466. The number of aromatic nitrogens is 3. The molecule has 0 amide bonds. The molecule has 1 aromatic carbocycles. The summed E-state index contributed by atoms with van der Waals surface area (Å²) in [5.41, 5.74) is 3.77. The lowest BCUT2D eigenvalue weighted by atomic mass is 9.96. The Morgan fingerprint density at radius 2 is 1.71 bits per heavy atom. The molecule has 2 aromatic heterocycles. The Bertz CT molecular complexity index is 975. The molecule has 0 unspecified atom stereocenters. The fraction of sp³-hybridized carbons (Fsp3) is 0.480. The molecule has 6 heteroatoms. The van der Waals surface area contributed by atoms with E-state index in [1.165, 1.54) is 51.4 Å². The van der Waals surface area contributed by atoms with Crippen molar-refractivity contribution in [2.45, 2.75) is 64.0 Å². The van der Waals surface area contributed by atoms with Gasteiger partial charge in [-0.2, -0.15) is 0 Å². The summed E-state index contributed by atoms with van der Waals surface area (Å²) in [6.45, 7) is 2.99. The third kappa shape index (κ3) is 4.79. The highest BCUT2D eigenvalue weighted by Crippen LogP contribution is 2.35. The summed E-state index contributed by atoms with van der Waals surface area (Å²) in [7, 11) is 0. The minimum Gasteiger partial charge on any atom is -0.359 e. The van der Waals surface area contributed by atoms with Crippen LogP contribution in [0.1, 0.15) is 57.1 Å². The van der Waals surface area contributed by atoms with Crippen molar-refractivity contribution in [1.29, 1.82) is 0 Å². The van der Waals surface area contributed by atoms with Gasteiger partial charge in [0.05, 0.1) is 17.8 Å². The second-order valence-corrected chi connectivity index (χ2v) is 8.78. The minimum atomic E-state index is 0.466. The number of benzene rings is 1. The maximum absolute atomic E-state index is 5.92. The van der Waals surface area contributed by atoms with Crippen molar-refractivity contribution >= 4 is 5.95 Å². The zero-order chi connectivity index (χ0) is 20.9. The monoisotopic (exact) mass is 417 g/mol. The van der Waals surface area contributed by atoms with Crippen LogP contribution in [-0.2, 0) is 6.54 Å². The number of likely N-dealkylation sites (tertiary alicyclic amines) is 1. The molecule has 1 aliphatic heterocycles. The molecule has 1 N–H and O–H groups in total. The van der Waals surface area contributed by atoms with Crippen LogP contribution in [0.25, 0.3) is 22.5 Å². The van der Waals surface area contributed by atoms with Gasteiger partial charge in [-0.15, -0.1) is 0 Å². The molecule has 162 valence electrons. The van der Waals surface area contributed by atoms with Crippen molar-refractivity contribution in [2.75, 3.05) is 18.4 Å². The molecule has 3 heterocycles. The van der Waals surface area contributed by atoms with Crippen LogP contribution in [0.3, 0.4) is 0 Å². The summed E-state index contributed by atoms with van der Waals surface area (Å²) in [5, 5.41) is 8.05. The Balaban J connectivity index is 1.48. The van der Waals surface area contributed by atoms with Crippen LogP contribution < -0.4 is 5.32 Å². The lowest BCUT2D eigenvalue weighted by Crippen LogP contribution is -2.29. The van der Waals surface area contributed by atoms with Crippen LogP contribution in [0.15, 0.2) is 47.1 Å². The summed E-state index contributed by atoms with van der Waals surface area (Å²) in [6, 6.07) is 12.7. The predicted octanol–water partition coefficient (Wildman–Crippen LogP) is 5.53. The van der Waals surface area contributed by atoms with E-state index >= 15 is 0 Å². The Labute approximate surface area is 184 Å². The Hall–Kier alpha value is -2.73. The van der Waals surface area contributed by atoms with Gasteiger partial charge in [0.25, 0.3) is 0 Å². The Morgan fingerprint density at radius 3 is 2.52 bits per heavy atom. The lowest BCUT2D eigenvalue weighted by Gasteiger charge is -2.25. The van der Waals surface area contributed by atoms with E-state index in [1.54, 1.807) is 0 Å². The smallest absolute Gasteiger partial charge is 0.223 e. The highest BCUT2D eigenvalue weighted by Gasteiger charge is 2.24. The average Bonchev–Trinajstić information content (AvgIpc) is 3.25. The zero-order valence-electron chi connectivity index (χ0n) is 18.1. The molecule has 0 radical (unpaired) electrons. The molecule has 31 heavy (non-hydrogen) atoms. The molecule has 1 saturated carbocycles. The predicted molar refractivity (Wildman–Crippen MR) is 123 cm³/mol. The fourth-order valence-electron chi connectivity index (χ4n) is 4.81. The first-order chi connectivity index (χ1) is 15.4. The molecule has 2 fully saturated rings. The fourth-order valence-corrected chi connectivity index (χ4v) is 4.81. The SMILES string of the molecule is c1ccc(-c2noc(CN3CCCCC3)c2-c2ccnc(NC3CCCCC3)n2)cc1. The van der Waals surface area contributed by atoms with Crippen LogP contribution >= 0.6 is 0 Å². The van der Waals surface area contributed by atoms with Crippen molar-refractivity contribution in [3.63, 3.8) is 0 Å². The molecule has 5 rings (SSSR count). The number of piperidine rings is 1. The normalized spacial score (nSPS) is 18.2. The van der Waals surface area contributed by atoms with E-state index < -0.39 is 0 Å². The zero-order valence-corrected chi connectivity index (χ0v) is 18.1. The second kappa shape index (κ2) is 9.60. The lowest BCUT2D eigenvalue weighted by molar-refractivity contribution is 0.197. The van der Waals surface area contributed by atoms with E-state index in [2.05, 4.69) is 32.5 Å². The van der Waals surface area contributed by atoms with Crippen LogP contribution in [-0.4, -0.2) is 39.2 Å². The summed E-state index contributed by atoms with van der Waals surface area (Å²) >= 11 is 0. The Morgan fingerprint density at radius 1 is 0.935 bits per heavy atom. The summed E-state index contributed by atoms with van der Waals surface area (Å²) in [5.74, 6) is 1.59. The van der Waals surface area contributed by atoms with Crippen molar-refractivity contribution in [1.82, 2.24) is 20.0 Å². The topological polar surface area (TPSA) is 67.1 Å². The van der Waals surface area contributed by atoms with Crippen molar-refractivity contribution in [3.8, 4) is 22.5 Å². The molecule has 3 aromatic rings. The van der Waals surface area contributed by atoms with Gasteiger partial charge in [-0.05, 0) is 44.8 Å². The van der Waals surface area contributed by atoms with Crippen LogP contribution in [0.5, 0.6) is 0 Å². The van der Waals surface area contributed by atoms with Crippen molar-refractivity contribution < 1.29 is 4.52 Å². The van der Waals surface area contributed by atoms with E-state index in [1.807, 2.05) is 30.5 Å². The maximum Gasteiger partial charge on any atom is 0.223 e. The number of hydrogen-bond acceptors (Lipinski definition) is 6. The van der Waals surface area contributed by atoms with Gasteiger partial charge < -0.3 is 9.84 Å². The van der Waals surface area contributed by atoms with Gasteiger partial charge >= 0.3 is 0 Å². The van der Waals surface area contributed by atoms with Crippen LogP contribution in [0.2, 0.25) is 0 Å². The van der Waals surface area contributed by atoms with E-state index in [9.17, 15) is 0 Å². The van der Waals surface area contributed by atoms with Crippen LogP contribution in [0.4, 0.5) is 5.95 Å². The quantitative estimate of drug-likeness (QED) is 0.569. The van der Waals surface area contributed by atoms with Crippen LogP contribution in [0, 0.1) is 0 Å². The first-order valence-electron chi connectivity index (χ1n) is 11.7. The van der Waals surface area contributed by atoms with E-state index in [0.29, 0.717) is 12.0 Å². The van der Waals surface area contributed by atoms with Gasteiger partial charge in [0.15, 0.2) is 5.76 Å². The van der Waals surface area contributed by atoms with E-state index in [0.717, 1.165) is 47.9 Å². The van der Waals surface area contributed by atoms with Gasteiger partial charge in [0, 0.05) is 17.8 Å². The molecule has 0 spiro atoms. The van der Waals surface area contributed by atoms with Gasteiger partial charge in [-0.25, -0.2) is 9.97 Å². The first kappa shape index (κ1) is 20.2. The maximum atomic E-state index is 5.92. The second-order valence-electron chi connectivity index (χ2n) is 8.78. The number of nitrogens with one attached hydrogen (secondary N) is 1. The third-order valence-corrected chi connectivity index (χ3v) is 6.48. The van der Waals surface area contributed by atoms with E-state index in [-0.39, 0.29) is 0 Å². The van der Waals surface area contributed by atoms with E-state index in [4.69, 9.17) is 9.51 Å². The highest BCUT2D eigenvalue weighted by atomic mass is 16.5. The molecule has 0 atom stereocenters.